The minimum Gasteiger partial charge on any atom is -0.480 e. The van der Waals surface area contributed by atoms with Crippen LogP contribution in [0.3, 0.4) is 0 Å². The molecule has 3 nitrogen and oxygen atoms in total. The molecule has 0 amide bonds. The quantitative estimate of drug-likeness (QED) is 0.768. The first-order valence-corrected chi connectivity index (χ1v) is 5.24. The maximum absolute atomic E-state index is 10.3. The Kier molecular flexibility index (Phi) is 7.90. The molecule has 0 aromatic carbocycles. The summed E-state index contributed by atoms with van der Waals surface area (Å²) >= 11 is 0. The molecule has 0 radical (unpaired) electrons. The summed E-state index contributed by atoms with van der Waals surface area (Å²) < 4.78 is 0. The standard InChI is InChI=1S/C10H19NO2.ClH/c12-10(13)8-11-9-6-4-2-1-3-5-7-9;/h9,11H,1-8H2,(H,12,13);1H. The number of nitrogens with one attached hydrogen (secondary N) is 1. The van der Waals surface area contributed by atoms with Gasteiger partial charge in [0, 0.05) is 6.04 Å². The molecule has 0 aromatic heterocycles. The van der Waals surface area contributed by atoms with Crippen LogP contribution in [0.2, 0.25) is 0 Å². The van der Waals surface area contributed by atoms with Gasteiger partial charge in [-0.15, -0.1) is 12.4 Å². The average Bonchev–Trinajstić information content (AvgIpc) is 2.01. The molecule has 1 aliphatic rings. The van der Waals surface area contributed by atoms with E-state index in [0.29, 0.717) is 6.04 Å². The summed E-state index contributed by atoms with van der Waals surface area (Å²) in [6, 6.07) is 0.441. The number of carboxylic acid groups (broad SMARTS) is 1. The van der Waals surface area contributed by atoms with E-state index in [-0.39, 0.29) is 19.0 Å². The zero-order valence-corrected chi connectivity index (χ0v) is 9.31. The fraction of sp³-hybridized carbons (Fsp3) is 0.900. The molecule has 0 bridgehead atoms. The zero-order valence-electron chi connectivity index (χ0n) is 8.50. The van der Waals surface area contributed by atoms with Crippen molar-refractivity contribution in [2.45, 2.75) is 51.0 Å². The predicted molar refractivity (Wildman–Crippen MR) is 59.0 cm³/mol. The minimum atomic E-state index is -0.748. The third-order valence-corrected chi connectivity index (χ3v) is 2.65. The van der Waals surface area contributed by atoms with Gasteiger partial charge in [-0.1, -0.05) is 32.1 Å². The molecule has 0 unspecified atom stereocenters. The number of carbonyl (C=O) groups is 1. The van der Waals surface area contributed by atoms with Gasteiger partial charge in [0.15, 0.2) is 0 Å². The normalized spacial score (nSPS) is 19.1. The summed E-state index contributed by atoms with van der Waals surface area (Å²) in [5.74, 6) is -0.748. The van der Waals surface area contributed by atoms with Crippen LogP contribution in [0.5, 0.6) is 0 Å². The highest BCUT2D eigenvalue weighted by molar-refractivity contribution is 5.85. The van der Waals surface area contributed by atoms with Gasteiger partial charge in [0.25, 0.3) is 0 Å². The molecule has 1 fully saturated rings. The Bertz CT molecular complexity index is 156. The van der Waals surface area contributed by atoms with Gasteiger partial charge in [0.05, 0.1) is 6.54 Å². The highest BCUT2D eigenvalue weighted by Gasteiger charge is 2.11. The number of aliphatic carboxylic acids is 1. The second-order valence-electron chi connectivity index (χ2n) is 3.82. The molecule has 1 rings (SSSR count). The first-order chi connectivity index (χ1) is 6.29. The van der Waals surface area contributed by atoms with E-state index in [1.807, 2.05) is 0 Å². The predicted octanol–water partition coefficient (Wildman–Crippen LogP) is 2.20. The Morgan fingerprint density at radius 3 is 2.14 bits per heavy atom. The van der Waals surface area contributed by atoms with Crippen LogP contribution in [-0.4, -0.2) is 23.7 Å². The van der Waals surface area contributed by atoms with Crippen molar-refractivity contribution in [3.05, 3.63) is 0 Å². The van der Waals surface area contributed by atoms with Gasteiger partial charge < -0.3 is 10.4 Å². The monoisotopic (exact) mass is 221 g/mol. The van der Waals surface area contributed by atoms with Crippen molar-refractivity contribution < 1.29 is 9.90 Å². The number of carboxylic acids is 1. The van der Waals surface area contributed by atoms with Gasteiger partial charge in [0.1, 0.15) is 0 Å². The Balaban J connectivity index is 0.00000169. The van der Waals surface area contributed by atoms with E-state index in [1.54, 1.807) is 0 Å². The fourth-order valence-corrected chi connectivity index (χ4v) is 1.89. The molecule has 1 saturated carbocycles. The molecule has 0 aliphatic heterocycles. The summed E-state index contributed by atoms with van der Waals surface area (Å²) in [5, 5.41) is 11.6. The number of rotatable bonds is 3. The van der Waals surface area contributed by atoms with Crippen LogP contribution in [-0.2, 0) is 4.79 Å². The molecule has 0 saturated heterocycles. The summed E-state index contributed by atoms with van der Waals surface area (Å²) in [6.07, 6.45) is 8.76. The van der Waals surface area contributed by atoms with E-state index in [2.05, 4.69) is 5.32 Å². The van der Waals surface area contributed by atoms with Crippen LogP contribution in [0.25, 0.3) is 0 Å². The van der Waals surface area contributed by atoms with Gasteiger partial charge in [-0.05, 0) is 12.8 Å². The second kappa shape index (κ2) is 8.06. The van der Waals surface area contributed by atoms with Crippen molar-refractivity contribution in [2.75, 3.05) is 6.54 Å². The lowest BCUT2D eigenvalue weighted by atomic mass is 9.97. The minimum absolute atomic E-state index is 0. The van der Waals surface area contributed by atoms with E-state index in [1.165, 1.54) is 32.1 Å². The van der Waals surface area contributed by atoms with Crippen molar-refractivity contribution in [1.29, 1.82) is 0 Å². The molecule has 14 heavy (non-hydrogen) atoms. The van der Waals surface area contributed by atoms with Crippen molar-refractivity contribution in [1.82, 2.24) is 5.32 Å². The van der Waals surface area contributed by atoms with Gasteiger partial charge in [-0.25, -0.2) is 0 Å². The third-order valence-electron chi connectivity index (χ3n) is 2.65. The van der Waals surface area contributed by atoms with Gasteiger partial charge in [-0.2, -0.15) is 0 Å². The molecule has 2 N–H and O–H groups in total. The molecule has 0 atom stereocenters. The van der Waals surface area contributed by atoms with E-state index in [4.69, 9.17) is 5.11 Å². The summed E-state index contributed by atoms with van der Waals surface area (Å²) in [4.78, 5) is 10.3. The van der Waals surface area contributed by atoms with E-state index < -0.39 is 5.97 Å². The molecule has 1 aliphatic carbocycles. The molecule has 84 valence electrons. The highest BCUT2D eigenvalue weighted by Crippen LogP contribution is 2.16. The highest BCUT2D eigenvalue weighted by atomic mass is 35.5. The first kappa shape index (κ1) is 13.7. The lowest BCUT2D eigenvalue weighted by Gasteiger charge is -2.19. The maximum Gasteiger partial charge on any atom is 0.317 e. The lowest BCUT2D eigenvalue weighted by Crippen LogP contribution is -2.33. The van der Waals surface area contributed by atoms with Crippen LogP contribution in [0.15, 0.2) is 0 Å². The van der Waals surface area contributed by atoms with Crippen LogP contribution in [0, 0.1) is 0 Å². The largest absolute Gasteiger partial charge is 0.480 e. The zero-order chi connectivity index (χ0) is 9.52. The lowest BCUT2D eigenvalue weighted by molar-refractivity contribution is -0.136. The van der Waals surface area contributed by atoms with Crippen LogP contribution < -0.4 is 5.32 Å². The van der Waals surface area contributed by atoms with Crippen LogP contribution in [0.1, 0.15) is 44.9 Å². The molecule has 0 heterocycles. The molecule has 4 heteroatoms. The van der Waals surface area contributed by atoms with Crippen molar-refractivity contribution in [3.8, 4) is 0 Å². The molecule has 0 spiro atoms. The molecular formula is C10H20ClNO2. The van der Waals surface area contributed by atoms with Crippen molar-refractivity contribution >= 4 is 18.4 Å². The van der Waals surface area contributed by atoms with E-state index >= 15 is 0 Å². The third kappa shape index (κ3) is 6.22. The van der Waals surface area contributed by atoms with Crippen molar-refractivity contribution in [2.24, 2.45) is 0 Å². The van der Waals surface area contributed by atoms with Crippen molar-refractivity contribution in [3.63, 3.8) is 0 Å². The average molecular weight is 222 g/mol. The van der Waals surface area contributed by atoms with Gasteiger partial charge in [-0.3, -0.25) is 4.79 Å². The van der Waals surface area contributed by atoms with E-state index in [0.717, 1.165) is 12.8 Å². The van der Waals surface area contributed by atoms with Crippen LogP contribution in [0.4, 0.5) is 0 Å². The Labute approximate surface area is 91.7 Å². The Morgan fingerprint density at radius 2 is 1.64 bits per heavy atom. The Hall–Kier alpha value is -0.280. The topological polar surface area (TPSA) is 49.3 Å². The smallest absolute Gasteiger partial charge is 0.317 e. The summed E-state index contributed by atoms with van der Waals surface area (Å²) in [6.45, 7) is 0.116. The second-order valence-corrected chi connectivity index (χ2v) is 3.82. The van der Waals surface area contributed by atoms with Gasteiger partial charge in [0.2, 0.25) is 0 Å². The summed E-state index contributed by atoms with van der Waals surface area (Å²) in [7, 11) is 0. The maximum atomic E-state index is 10.3. The van der Waals surface area contributed by atoms with E-state index in [9.17, 15) is 4.79 Å². The Morgan fingerprint density at radius 1 is 1.14 bits per heavy atom. The fourth-order valence-electron chi connectivity index (χ4n) is 1.89. The number of halogens is 1. The number of hydrogen-bond acceptors (Lipinski definition) is 2. The SMILES string of the molecule is Cl.O=C(O)CNC1CCCCCCC1. The van der Waals surface area contributed by atoms with Crippen LogP contribution >= 0.6 is 12.4 Å². The molecule has 0 aromatic rings. The van der Waals surface area contributed by atoms with Gasteiger partial charge >= 0.3 is 5.97 Å². The number of hydrogen-bond donors (Lipinski definition) is 2. The molecular weight excluding hydrogens is 202 g/mol. The summed E-state index contributed by atoms with van der Waals surface area (Å²) in [5.41, 5.74) is 0. The first-order valence-electron chi connectivity index (χ1n) is 5.24.